The van der Waals surface area contributed by atoms with Gasteiger partial charge in [0.1, 0.15) is 11.2 Å². The van der Waals surface area contributed by atoms with E-state index < -0.39 is 0 Å². The second-order valence-corrected chi connectivity index (χ2v) is 5.56. The van der Waals surface area contributed by atoms with Gasteiger partial charge in [-0.2, -0.15) is 0 Å². The lowest BCUT2D eigenvalue weighted by molar-refractivity contribution is 0.587. The van der Waals surface area contributed by atoms with E-state index in [0.29, 0.717) is 0 Å². The lowest BCUT2D eigenvalue weighted by Gasteiger charge is -2.18. The number of para-hydroxylation sites is 1. The van der Waals surface area contributed by atoms with Crippen LogP contribution >= 0.6 is 0 Å². The molecule has 0 atom stereocenters. The molecule has 0 aliphatic heterocycles. The predicted molar refractivity (Wildman–Crippen MR) is 72.4 cm³/mol. The second-order valence-electron chi connectivity index (χ2n) is 5.56. The molecule has 0 fully saturated rings. The molecule has 0 saturated heterocycles. The highest BCUT2D eigenvalue weighted by Gasteiger charge is 2.15. The molecule has 1 nitrogen and oxygen atoms in total. The highest BCUT2D eigenvalue weighted by atomic mass is 16.3. The van der Waals surface area contributed by atoms with E-state index in [1.807, 2.05) is 12.1 Å². The summed E-state index contributed by atoms with van der Waals surface area (Å²) in [7, 11) is 0. The first kappa shape index (κ1) is 10.4. The van der Waals surface area contributed by atoms with E-state index in [4.69, 9.17) is 4.42 Å². The molecule has 3 aromatic rings. The van der Waals surface area contributed by atoms with Crippen LogP contribution < -0.4 is 0 Å². The van der Waals surface area contributed by atoms with Crippen molar-refractivity contribution in [2.24, 2.45) is 0 Å². The molecule has 0 bridgehead atoms. The molecule has 0 aliphatic rings. The van der Waals surface area contributed by atoms with Crippen molar-refractivity contribution in [3.63, 3.8) is 0 Å². The average Bonchev–Trinajstić information content (AvgIpc) is 2.65. The SMILES string of the molecule is CC(C)(C)c1ccc2c(c1)oc1ccccc12. The summed E-state index contributed by atoms with van der Waals surface area (Å²) in [5, 5.41) is 2.40. The zero-order chi connectivity index (χ0) is 12.0. The topological polar surface area (TPSA) is 13.1 Å². The number of furan rings is 1. The molecule has 0 aliphatic carbocycles. The number of fused-ring (bicyclic) bond motifs is 3. The van der Waals surface area contributed by atoms with Crippen LogP contribution in [0.5, 0.6) is 0 Å². The van der Waals surface area contributed by atoms with Gasteiger partial charge in [0.2, 0.25) is 0 Å². The van der Waals surface area contributed by atoms with E-state index in [2.05, 4.69) is 51.1 Å². The Kier molecular flexibility index (Phi) is 2.06. The smallest absolute Gasteiger partial charge is 0.135 e. The third-order valence-electron chi connectivity index (χ3n) is 3.24. The van der Waals surface area contributed by atoms with Crippen LogP contribution in [0.2, 0.25) is 0 Å². The minimum absolute atomic E-state index is 0.160. The molecule has 0 N–H and O–H groups in total. The highest BCUT2D eigenvalue weighted by Crippen LogP contribution is 2.32. The van der Waals surface area contributed by atoms with Gasteiger partial charge in [-0.05, 0) is 23.1 Å². The van der Waals surface area contributed by atoms with Crippen molar-refractivity contribution in [2.45, 2.75) is 26.2 Å². The number of rotatable bonds is 0. The van der Waals surface area contributed by atoms with Crippen LogP contribution in [0, 0.1) is 0 Å². The summed E-state index contributed by atoms with van der Waals surface area (Å²) >= 11 is 0. The summed E-state index contributed by atoms with van der Waals surface area (Å²) in [4.78, 5) is 0. The maximum atomic E-state index is 5.89. The molecule has 0 saturated carbocycles. The van der Waals surface area contributed by atoms with Gasteiger partial charge in [-0.15, -0.1) is 0 Å². The Balaban J connectivity index is 2.34. The Morgan fingerprint density at radius 3 is 2.29 bits per heavy atom. The van der Waals surface area contributed by atoms with Crippen LogP contribution in [-0.2, 0) is 5.41 Å². The molecule has 1 heterocycles. The standard InChI is InChI=1S/C16H16O/c1-16(2,3)11-8-9-13-12-6-4-5-7-14(12)17-15(13)10-11/h4-10H,1-3H3. The summed E-state index contributed by atoms with van der Waals surface area (Å²) in [6.45, 7) is 6.66. The average molecular weight is 224 g/mol. The molecule has 0 amide bonds. The van der Waals surface area contributed by atoms with Crippen LogP contribution in [0.3, 0.4) is 0 Å². The minimum Gasteiger partial charge on any atom is -0.456 e. The molecule has 1 aromatic heterocycles. The maximum absolute atomic E-state index is 5.89. The van der Waals surface area contributed by atoms with Gasteiger partial charge in [0, 0.05) is 10.8 Å². The summed E-state index contributed by atoms with van der Waals surface area (Å²) < 4.78 is 5.89. The zero-order valence-corrected chi connectivity index (χ0v) is 10.4. The first-order valence-electron chi connectivity index (χ1n) is 5.97. The van der Waals surface area contributed by atoms with Crippen molar-refractivity contribution in [3.05, 3.63) is 48.0 Å². The number of hydrogen-bond acceptors (Lipinski definition) is 1. The number of hydrogen-bond donors (Lipinski definition) is 0. The third kappa shape index (κ3) is 1.62. The van der Waals surface area contributed by atoms with E-state index in [-0.39, 0.29) is 5.41 Å². The van der Waals surface area contributed by atoms with E-state index in [9.17, 15) is 0 Å². The summed E-state index contributed by atoms with van der Waals surface area (Å²) in [6, 6.07) is 14.7. The fraction of sp³-hybridized carbons (Fsp3) is 0.250. The van der Waals surface area contributed by atoms with E-state index >= 15 is 0 Å². The normalized spacial score (nSPS) is 12.4. The lowest BCUT2D eigenvalue weighted by Crippen LogP contribution is -2.10. The summed E-state index contributed by atoms with van der Waals surface area (Å²) in [5.41, 5.74) is 3.42. The fourth-order valence-corrected chi connectivity index (χ4v) is 2.19. The van der Waals surface area contributed by atoms with Gasteiger partial charge in [-0.3, -0.25) is 0 Å². The highest BCUT2D eigenvalue weighted by molar-refractivity contribution is 6.04. The van der Waals surface area contributed by atoms with Crippen LogP contribution in [0.15, 0.2) is 46.9 Å². The Morgan fingerprint density at radius 1 is 0.824 bits per heavy atom. The first-order chi connectivity index (χ1) is 8.05. The summed E-state index contributed by atoms with van der Waals surface area (Å²) in [5.74, 6) is 0. The van der Waals surface area contributed by atoms with E-state index in [1.54, 1.807) is 0 Å². The van der Waals surface area contributed by atoms with Crippen molar-refractivity contribution in [1.29, 1.82) is 0 Å². The Bertz CT molecular complexity index is 683. The van der Waals surface area contributed by atoms with Crippen LogP contribution in [-0.4, -0.2) is 0 Å². The van der Waals surface area contributed by atoms with Gasteiger partial charge < -0.3 is 4.42 Å². The lowest BCUT2D eigenvalue weighted by atomic mass is 9.87. The predicted octanol–water partition coefficient (Wildman–Crippen LogP) is 4.88. The molecule has 86 valence electrons. The molecule has 3 rings (SSSR count). The quantitative estimate of drug-likeness (QED) is 0.530. The summed E-state index contributed by atoms with van der Waals surface area (Å²) in [6.07, 6.45) is 0. The monoisotopic (exact) mass is 224 g/mol. The van der Waals surface area contributed by atoms with Gasteiger partial charge in [-0.1, -0.05) is 51.1 Å². The van der Waals surface area contributed by atoms with Crippen LogP contribution in [0.1, 0.15) is 26.3 Å². The fourth-order valence-electron chi connectivity index (χ4n) is 2.19. The van der Waals surface area contributed by atoms with Gasteiger partial charge in [0.05, 0.1) is 0 Å². The minimum atomic E-state index is 0.160. The molecule has 0 radical (unpaired) electrons. The molecule has 17 heavy (non-hydrogen) atoms. The van der Waals surface area contributed by atoms with Gasteiger partial charge >= 0.3 is 0 Å². The van der Waals surface area contributed by atoms with Crippen molar-refractivity contribution in [2.75, 3.05) is 0 Å². The molecule has 1 heteroatoms. The van der Waals surface area contributed by atoms with Crippen LogP contribution in [0.25, 0.3) is 21.9 Å². The Morgan fingerprint density at radius 2 is 1.53 bits per heavy atom. The van der Waals surface area contributed by atoms with Crippen molar-refractivity contribution < 1.29 is 4.42 Å². The molecule has 0 unspecified atom stereocenters. The molecular weight excluding hydrogens is 208 g/mol. The second kappa shape index (κ2) is 3.36. The first-order valence-corrected chi connectivity index (χ1v) is 5.97. The Labute approximate surface area is 101 Å². The van der Waals surface area contributed by atoms with Crippen molar-refractivity contribution in [1.82, 2.24) is 0 Å². The zero-order valence-electron chi connectivity index (χ0n) is 10.4. The molecule has 0 spiro atoms. The number of benzene rings is 2. The Hall–Kier alpha value is -1.76. The van der Waals surface area contributed by atoms with Crippen LogP contribution in [0.4, 0.5) is 0 Å². The molecular formula is C16H16O. The largest absolute Gasteiger partial charge is 0.456 e. The maximum Gasteiger partial charge on any atom is 0.135 e. The van der Waals surface area contributed by atoms with Gasteiger partial charge in [0.25, 0.3) is 0 Å². The van der Waals surface area contributed by atoms with E-state index in [1.165, 1.54) is 16.3 Å². The van der Waals surface area contributed by atoms with Gasteiger partial charge in [0.15, 0.2) is 0 Å². The van der Waals surface area contributed by atoms with Crippen molar-refractivity contribution >= 4 is 21.9 Å². The third-order valence-corrected chi connectivity index (χ3v) is 3.24. The molecule has 2 aromatic carbocycles. The van der Waals surface area contributed by atoms with E-state index in [0.717, 1.165) is 11.2 Å². The van der Waals surface area contributed by atoms with Crippen molar-refractivity contribution in [3.8, 4) is 0 Å². The van der Waals surface area contributed by atoms with Gasteiger partial charge in [-0.25, -0.2) is 0 Å².